The Morgan fingerprint density at radius 1 is 0.850 bits per heavy atom. The van der Waals surface area contributed by atoms with Gasteiger partial charge in [-0.25, -0.2) is 13.4 Å². The van der Waals surface area contributed by atoms with Crippen molar-refractivity contribution in [1.82, 2.24) is 9.29 Å². The first kappa shape index (κ1) is 27.5. The van der Waals surface area contributed by atoms with Crippen molar-refractivity contribution in [3.8, 4) is 5.75 Å². The number of hydrogen-bond acceptors (Lipinski definition) is 6. The van der Waals surface area contributed by atoms with Gasteiger partial charge >= 0.3 is 0 Å². The quantitative estimate of drug-likeness (QED) is 0.195. The zero-order valence-electron chi connectivity index (χ0n) is 22.2. The lowest BCUT2D eigenvalue weighted by molar-refractivity contribution is 0.0985. The molecule has 0 bridgehead atoms. The Labute approximate surface area is 238 Å². The molecule has 7 nitrogen and oxygen atoms in total. The lowest BCUT2D eigenvalue weighted by Crippen LogP contribution is -2.31. The van der Waals surface area contributed by atoms with Gasteiger partial charge in [0.25, 0.3) is 5.91 Å². The number of aromatic nitrogens is 1. The van der Waals surface area contributed by atoms with Gasteiger partial charge in [0.2, 0.25) is 10.0 Å². The summed E-state index contributed by atoms with van der Waals surface area (Å²) >= 11 is 1.40. The summed E-state index contributed by atoms with van der Waals surface area (Å²) in [6.45, 7) is 2.73. The van der Waals surface area contributed by atoms with Gasteiger partial charge in [-0.2, -0.15) is 4.31 Å². The first-order valence-corrected chi connectivity index (χ1v) is 15.1. The van der Waals surface area contributed by atoms with Gasteiger partial charge in [-0.1, -0.05) is 78.9 Å². The van der Waals surface area contributed by atoms with Crippen LogP contribution in [-0.4, -0.2) is 37.3 Å². The van der Waals surface area contributed by atoms with E-state index in [4.69, 9.17) is 9.72 Å². The zero-order chi connectivity index (χ0) is 28.1. The fourth-order valence-corrected chi connectivity index (χ4v) is 6.78. The molecule has 0 spiro atoms. The maximum absolute atomic E-state index is 13.8. The third kappa shape index (κ3) is 5.91. The predicted octanol–water partition coefficient (Wildman–Crippen LogP) is 6.36. The topological polar surface area (TPSA) is 79.8 Å². The van der Waals surface area contributed by atoms with Crippen molar-refractivity contribution in [1.29, 1.82) is 0 Å². The first-order valence-electron chi connectivity index (χ1n) is 12.8. The van der Waals surface area contributed by atoms with Gasteiger partial charge in [-0.15, -0.1) is 0 Å². The molecule has 4 aromatic carbocycles. The molecule has 0 atom stereocenters. The molecule has 5 aromatic rings. The summed E-state index contributed by atoms with van der Waals surface area (Å²) in [5.41, 5.74) is 3.00. The van der Waals surface area contributed by atoms with E-state index in [1.54, 1.807) is 24.1 Å². The molecule has 0 aliphatic heterocycles. The van der Waals surface area contributed by atoms with Gasteiger partial charge in [0, 0.05) is 18.7 Å². The molecule has 1 amide bonds. The van der Waals surface area contributed by atoms with Crippen LogP contribution in [0.4, 0.5) is 5.13 Å². The van der Waals surface area contributed by atoms with Crippen molar-refractivity contribution in [3.05, 3.63) is 120 Å². The largest absolute Gasteiger partial charge is 0.497 e. The average molecular weight is 572 g/mol. The summed E-state index contributed by atoms with van der Waals surface area (Å²) in [5.74, 6) is 0.448. The van der Waals surface area contributed by atoms with Gasteiger partial charge in [-0.05, 0) is 53.6 Å². The third-order valence-corrected chi connectivity index (χ3v) is 9.51. The van der Waals surface area contributed by atoms with Crippen LogP contribution in [0.25, 0.3) is 10.2 Å². The Kier molecular flexibility index (Phi) is 8.25. The van der Waals surface area contributed by atoms with Crippen molar-refractivity contribution in [2.75, 3.05) is 18.6 Å². The molecule has 0 radical (unpaired) electrons. The Morgan fingerprint density at radius 2 is 1.48 bits per heavy atom. The van der Waals surface area contributed by atoms with E-state index >= 15 is 0 Å². The molecule has 0 saturated carbocycles. The number of ether oxygens (including phenoxy) is 1. The average Bonchev–Trinajstić information content (AvgIpc) is 3.42. The number of sulfonamides is 1. The summed E-state index contributed by atoms with van der Waals surface area (Å²) < 4.78 is 34.5. The molecule has 0 unspecified atom stereocenters. The van der Waals surface area contributed by atoms with E-state index < -0.39 is 10.0 Å². The number of rotatable bonds is 10. The van der Waals surface area contributed by atoms with Crippen LogP contribution in [0.5, 0.6) is 5.75 Å². The van der Waals surface area contributed by atoms with E-state index in [1.807, 2.05) is 85.8 Å². The summed E-state index contributed by atoms with van der Waals surface area (Å²) in [6.07, 6.45) is 0. The molecule has 40 heavy (non-hydrogen) atoms. The van der Waals surface area contributed by atoms with Crippen molar-refractivity contribution < 1.29 is 17.9 Å². The molecular formula is C31H29N3O4S2. The number of amides is 1. The molecule has 0 saturated heterocycles. The lowest BCUT2D eigenvalue weighted by atomic mass is 10.1. The molecule has 0 N–H and O–H groups in total. The van der Waals surface area contributed by atoms with Gasteiger partial charge in [-0.3, -0.25) is 9.69 Å². The molecule has 1 heterocycles. The maximum Gasteiger partial charge on any atom is 0.260 e. The highest BCUT2D eigenvalue weighted by Crippen LogP contribution is 2.33. The number of nitrogens with zero attached hydrogens (tertiary/aromatic N) is 3. The van der Waals surface area contributed by atoms with E-state index in [0.717, 1.165) is 21.3 Å². The number of fused-ring (bicyclic) bond motifs is 1. The van der Waals surface area contributed by atoms with E-state index in [2.05, 4.69) is 0 Å². The molecule has 0 fully saturated rings. The number of hydrogen-bond donors (Lipinski definition) is 0. The minimum Gasteiger partial charge on any atom is -0.497 e. The highest BCUT2D eigenvalue weighted by molar-refractivity contribution is 7.89. The SMILES string of the molecule is CCN(Cc1ccccc1)S(=O)(=O)c1ccc(C(=O)N(Cc2ccccc2)c2nc3ccc(OC)cc3s2)cc1. The molecule has 5 rings (SSSR count). The van der Waals surface area contributed by atoms with Crippen LogP contribution in [0, 0.1) is 0 Å². The maximum atomic E-state index is 13.8. The van der Waals surface area contributed by atoms with E-state index in [9.17, 15) is 13.2 Å². The first-order chi connectivity index (χ1) is 19.4. The second kappa shape index (κ2) is 12.0. The predicted molar refractivity (Wildman–Crippen MR) is 159 cm³/mol. The number of thiazole rings is 1. The number of carbonyl (C=O) groups is 1. The second-order valence-electron chi connectivity index (χ2n) is 9.15. The summed E-state index contributed by atoms with van der Waals surface area (Å²) in [7, 11) is -2.14. The fourth-order valence-electron chi connectivity index (χ4n) is 4.36. The van der Waals surface area contributed by atoms with Crippen LogP contribution in [0.2, 0.25) is 0 Å². The van der Waals surface area contributed by atoms with E-state index in [1.165, 1.54) is 27.8 Å². The van der Waals surface area contributed by atoms with Crippen LogP contribution in [0.15, 0.2) is 108 Å². The Bertz CT molecular complexity index is 1700. The van der Waals surface area contributed by atoms with Crippen molar-refractivity contribution in [2.24, 2.45) is 0 Å². The van der Waals surface area contributed by atoms with Crippen molar-refractivity contribution in [3.63, 3.8) is 0 Å². The molecule has 1 aromatic heterocycles. The van der Waals surface area contributed by atoms with Crippen LogP contribution in [-0.2, 0) is 23.1 Å². The monoisotopic (exact) mass is 571 g/mol. The lowest BCUT2D eigenvalue weighted by Gasteiger charge is -2.22. The van der Waals surface area contributed by atoms with Crippen LogP contribution < -0.4 is 9.64 Å². The third-order valence-electron chi connectivity index (χ3n) is 6.54. The minimum atomic E-state index is -3.75. The van der Waals surface area contributed by atoms with Crippen LogP contribution in [0.3, 0.4) is 0 Å². The zero-order valence-corrected chi connectivity index (χ0v) is 23.9. The fraction of sp³-hybridized carbons (Fsp3) is 0.161. The van der Waals surface area contributed by atoms with Gasteiger partial charge in [0.1, 0.15) is 5.75 Å². The van der Waals surface area contributed by atoms with Gasteiger partial charge < -0.3 is 4.74 Å². The Hall–Kier alpha value is -4.05. The molecule has 0 aliphatic carbocycles. The highest BCUT2D eigenvalue weighted by atomic mass is 32.2. The normalized spacial score (nSPS) is 11.6. The Morgan fingerprint density at radius 3 is 2.08 bits per heavy atom. The second-order valence-corrected chi connectivity index (χ2v) is 12.1. The molecule has 204 valence electrons. The number of anilines is 1. The highest BCUT2D eigenvalue weighted by Gasteiger charge is 2.26. The summed E-state index contributed by atoms with van der Waals surface area (Å²) in [5, 5.41) is 0.550. The molecule has 0 aliphatic rings. The number of carbonyl (C=O) groups excluding carboxylic acids is 1. The van der Waals surface area contributed by atoms with Gasteiger partial charge in [0.05, 0.1) is 28.8 Å². The number of benzene rings is 4. The molecule has 9 heteroatoms. The van der Waals surface area contributed by atoms with Crippen molar-refractivity contribution >= 4 is 42.6 Å². The van der Waals surface area contributed by atoms with Gasteiger partial charge in [0.15, 0.2) is 5.13 Å². The van der Waals surface area contributed by atoms with E-state index in [-0.39, 0.29) is 17.3 Å². The molecular weight excluding hydrogens is 542 g/mol. The van der Waals surface area contributed by atoms with Crippen LogP contribution >= 0.6 is 11.3 Å². The Balaban J connectivity index is 1.44. The minimum absolute atomic E-state index is 0.142. The standard InChI is InChI=1S/C31H29N3O4S2/c1-3-33(21-23-10-6-4-7-11-23)40(36,37)27-17-14-25(15-18-27)30(35)34(22-24-12-8-5-9-13-24)31-32-28-19-16-26(38-2)20-29(28)39-31/h4-20H,3,21-22H2,1-2H3. The van der Waals surface area contributed by atoms with E-state index in [0.29, 0.717) is 29.5 Å². The van der Waals surface area contributed by atoms with Crippen LogP contribution in [0.1, 0.15) is 28.4 Å². The van der Waals surface area contributed by atoms with Crippen molar-refractivity contribution in [2.45, 2.75) is 24.9 Å². The number of methoxy groups -OCH3 is 1. The summed E-state index contributed by atoms with van der Waals surface area (Å²) in [4.78, 5) is 20.3. The smallest absolute Gasteiger partial charge is 0.260 e. The summed E-state index contributed by atoms with van der Waals surface area (Å²) in [6, 6.07) is 30.9.